The molecule has 8 nitrogen and oxygen atoms in total. The fourth-order valence-corrected chi connectivity index (χ4v) is 2.60. The van der Waals surface area contributed by atoms with Crippen LogP contribution in [0, 0.1) is 0 Å². The highest BCUT2D eigenvalue weighted by molar-refractivity contribution is 5.68. The summed E-state index contributed by atoms with van der Waals surface area (Å²) >= 11 is 0. The van der Waals surface area contributed by atoms with Crippen LogP contribution in [-0.4, -0.2) is 58.7 Å². The van der Waals surface area contributed by atoms with Crippen molar-refractivity contribution in [2.45, 2.75) is 13.5 Å². The summed E-state index contributed by atoms with van der Waals surface area (Å²) in [4.78, 5) is 28.6. The van der Waals surface area contributed by atoms with Gasteiger partial charge in [-0.1, -0.05) is 6.07 Å². The lowest BCUT2D eigenvalue weighted by atomic mass is 10.3. The summed E-state index contributed by atoms with van der Waals surface area (Å²) in [5, 5.41) is 3.28. The number of anilines is 2. The van der Waals surface area contributed by atoms with Crippen molar-refractivity contribution < 1.29 is 9.53 Å². The molecule has 1 amide bonds. The van der Waals surface area contributed by atoms with Crippen molar-refractivity contribution in [2.24, 2.45) is 0 Å². The van der Waals surface area contributed by atoms with E-state index in [0.29, 0.717) is 45.3 Å². The van der Waals surface area contributed by atoms with Crippen molar-refractivity contribution in [1.82, 2.24) is 19.9 Å². The van der Waals surface area contributed by atoms with Crippen molar-refractivity contribution in [2.75, 3.05) is 43.0 Å². The molecule has 1 N–H and O–H groups in total. The van der Waals surface area contributed by atoms with Gasteiger partial charge in [-0.25, -0.2) is 9.78 Å². The predicted octanol–water partition coefficient (Wildman–Crippen LogP) is 1.76. The number of hydrogen-bond acceptors (Lipinski definition) is 7. The van der Waals surface area contributed by atoms with Crippen LogP contribution in [0.4, 0.5) is 16.6 Å². The standard InChI is InChI=1S/C17H22N6O2/c1-2-25-17(24)23-10-8-22(9-11-23)16-19-7-5-15(21-16)20-13-14-4-3-6-18-12-14/h3-7,12H,2,8-11,13H2,1H3,(H,19,20,21). The second kappa shape index (κ2) is 8.27. The van der Waals surface area contributed by atoms with Gasteiger partial charge in [0.05, 0.1) is 6.61 Å². The molecule has 3 rings (SSSR count). The van der Waals surface area contributed by atoms with Crippen LogP contribution in [0.15, 0.2) is 36.8 Å². The minimum Gasteiger partial charge on any atom is -0.450 e. The van der Waals surface area contributed by atoms with E-state index in [-0.39, 0.29) is 6.09 Å². The first-order valence-corrected chi connectivity index (χ1v) is 8.38. The second-order valence-electron chi connectivity index (χ2n) is 5.63. The van der Waals surface area contributed by atoms with E-state index in [1.165, 1.54) is 0 Å². The molecule has 1 fully saturated rings. The van der Waals surface area contributed by atoms with Crippen LogP contribution >= 0.6 is 0 Å². The Morgan fingerprint density at radius 1 is 1.24 bits per heavy atom. The zero-order valence-corrected chi connectivity index (χ0v) is 14.3. The molecule has 0 aromatic carbocycles. The molecule has 0 aliphatic carbocycles. The molecule has 8 heteroatoms. The molecule has 0 atom stereocenters. The number of ether oxygens (including phenoxy) is 1. The van der Waals surface area contributed by atoms with E-state index in [1.54, 1.807) is 17.3 Å². The number of aromatic nitrogens is 3. The highest BCUT2D eigenvalue weighted by atomic mass is 16.6. The number of piperazine rings is 1. The predicted molar refractivity (Wildman–Crippen MR) is 94.4 cm³/mol. The van der Waals surface area contributed by atoms with Gasteiger partial charge in [-0.2, -0.15) is 4.98 Å². The maximum atomic E-state index is 11.8. The van der Waals surface area contributed by atoms with E-state index in [0.717, 1.165) is 11.4 Å². The number of carbonyl (C=O) groups is 1. The molecule has 1 aliphatic rings. The zero-order valence-electron chi connectivity index (χ0n) is 14.3. The average Bonchev–Trinajstić information content (AvgIpc) is 2.68. The number of amides is 1. The maximum Gasteiger partial charge on any atom is 0.409 e. The smallest absolute Gasteiger partial charge is 0.409 e. The van der Waals surface area contributed by atoms with E-state index < -0.39 is 0 Å². The Kier molecular flexibility index (Phi) is 5.61. The first-order chi connectivity index (χ1) is 12.3. The number of hydrogen-bond donors (Lipinski definition) is 1. The van der Waals surface area contributed by atoms with Gasteiger partial charge in [0.15, 0.2) is 0 Å². The van der Waals surface area contributed by atoms with E-state index in [1.807, 2.05) is 31.3 Å². The Labute approximate surface area is 146 Å². The minimum absolute atomic E-state index is 0.255. The molecular weight excluding hydrogens is 320 g/mol. The largest absolute Gasteiger partial charge is 0.450 e. The van der Waals surface area contributed by atoms with Gasteiger partial charge < -0.3 is 19.9 Å². The minimum atomic E-state index is -0.255. The molecule has 1 aliphatic heterocycles. The molecule has 2 aromatic rings. The molecule has 25 heavy (non-hydrogen) atoms. The Hall–Kier alpha value is -2.90. The van der Waals surface area contributed by atoms with Crippen LogP contribution in [-0.2, 0) is 11.3 Å². The van der Waals surface area contributed by atoms with Crippen molar-refractivity contribution in [3.05, 3.63) is 42.4 Å². The molecule has 1 saturated heterocycles. The first-order valence-electron chi connectivity index (χ1n) is 8.38. The number of pyridine rings is 1. The van der Waals surface area contributed by atoms with Gasteiger partial charge in [-0.3, -0.25) is 4.98 Å². The van der Waals surface area contributed by atoms with Gasteiger partial charge in [0.1, 0.15) is 5.82 Å². The Bertz CT molecular complexity index is 689. The van der Waals surface area contributed by atoms with Gasteiger partial charge >= 0.3 is 6.09 Å². The highest BCUT2D eigenvalue weighted by Crippen LogP contribution is 2.14. The first kappa shape index (κ1) is 16.9. The number of nitrogens with zero attached hydrogens (tertiary/aromatic N) is 5. The van der Waals surface area contributed by atoms with Crippen LogP contribution in [0.5, 0.6) is 0 Å². The summed E-state index contributed by atoms with van der Waals surface area (Å²) in [7, 11) is 0. The van der Waals surface area contributed by atoms with Gasteiger partial charge in [0, 0.05) is 51.3 Å². The van der Waals surface area contributed by atoms with Crippen molar-refractivity contribution in [3.63, 3.8) is 0 Å². The topological polar surface area (TPSA) is 83.5 Å². The Balaban J connectivity index is 1.56. The SMILES string of the molecule is CCOC(=O)N1CCN(c2nccc(NCc3cccnc3)n2)CC1. The number of rotatable bonds is 5. The second-order valence-corrected chi connectivity index (χ2v) is 5.63. The summed E-state index contributed by atoms with van der Waals surface area (Å²) in [5.74, 6) is 1.43. The van der Waals surface area contributed by atoms with E-state index in [9.17, 15) is 4.79 Å². The molecule has 132 valence electrons. The average molecular weight is 342 g/mol. The normalized spacial score (nSPS) is 14.3. The van der Waals surface area contributed by atoms with E-state index in [4.69, 9.17) is 4.74 Å². The zero-order chi connectivity index (χ0) is 17.5. The molecule has 3 heterocycles. The fraction of sp³-hybridized carbons (Fsp3) is 0.412. The lowest BCUT2D eigenvalue weighted by Crippen LogP contribution is -2.49. The Morgan fingerprint density at radius 2 is 2.08 bits per heavy atom. The fourth-order valence-electron chi connectivity index (χ4n) is 2.60. The summed E-state index contributed by atoms with van der Waals surface area (Å²) in [5.41, 5.74) is 1.09. The molecule has 0 unspecified atom stereocenters. The van der Waals surface area contributed by atoms with Crippen molar-refractivity contribution in [1.29, 1.82) is 0 Å². The maximum absolute atomic E-state index is 11.8. The molecule has 0 saturated carbocycles. The third-order valence-electron chi connectivity index (χ3n) is 3.93. The van der Waals surface area contributed by atoms with Crippen molar-refractivity contribution in [3.8, 4) is 0 Å². The van der Waals surface area contributed by atoms with E-state index in [2.05, 4.69) is 25.2 Å². The van der Waals surface area contributed by atoms with Crippen molar-refractivity contribution >= 4 is 17.9 Å². The molecule has 0 bridgehead atoms. The Morgan fingerprint density at radius 3 is 2.80 bits per heavy atom. The quantitative estimate of drug-likeness (QED) is 0.886. The van der Waals surface area contributed by atoms with Gasteiger partial charge in [0.2, 0.25) is 5.95 Å². The highest BCUT2D eigenvalue weighted by Gasteiger charge is 2.23. The summed E-state index contributed by atoms with van der Waals surface area (Å²) in [6.45, 7) is 5.44. The monoisotopic (exact) mass is 342 g/mol. The van der Waals surface area contributed by atoms with Crippen LogP contribution in [0.3, 0.4) is 0 Å². The molecular formula is C17H22N6O2. The van der Waals surface area contributed by atoms with Gasteiger partial charge in [-0.15, -0.1) is 0 Å². The van der Waals surface area contributed by atoms with Gasteiger partial charge in [-0.05, 0) is 24.6 Å². The number of carbonyl (C=O) groups excluding carboxylic acids is 1. The van der Waals surface area contributed by atoms with Crippen LogP contribution in [0.2, 0.25) is 0 Å². The third kappa shape index (κ3) is 4.56. The third-order valence-corrected chi connectivity index (χ3v) is 3.93. The number of nitrogens with one attached hydrogen (secondary N) is 1. The van der Waals surface area contributed by atoms with Crippen LogP contribution in [0.25, 0.3) is 0 Å². The van der Waals surface area contributed by atoms with Gasteiger partial charge in [0.25, 0.3) is 0 Å². The summed E-state index contributed by atoms with van der Waals surface area (Å²) < 4.78 is 5.04. The lowest BCUT2D eigenvalue weighted by Gasteiger charge is -2.34. The summed E-state index contributed by atoms with van der Waals surface area (Å²) in [6, 6.07) is 5.76. The molecule has 0 spiro atoms. The van der Waals surface area contributed by atoms with E-state index >= 15 is 0 Å². The molecule has 2 aromatic heterocycles. The van der Waals surface area contributed by atoms with Crippen LogP contribution in [0.1, 0.15) is 12.5 Å². The molecule has 0 radical (unpaired) electrons. The van der Waals surface area contributed by atoms with Crippen LogP contribution < -0.4 is 10.2 Å². The lowest BCUT2D eigenvalue weighted by molar-refractivity contribution is 0.105. The summed E-state index contributed by atoms with van der Waals surface area (Å²) in [6.07, 6.45) is 5.06.